The Hall–Kier alpha value is -1.11. The van der Waals surface area contributed by atoms with Crippen LogP contribution in [0.4, 0.5) is 8.78 Å². The summed E-state index contributed by atoms with van der Waals surface area (Å²) in [5.41, 5.74) is 2.44. The van der Waals surface area contributed by atoms with Gasteiger partial charge in [0.05, 0.1) is 21.8 Å². The molecular weight excluding hydrogens is 352 g/mol. The monoisotopic (exact) mass is 379 g/mol. The second-order valence-corrected chi connectivity index (χ2v) is 8.95. The number of thiazole rings is 1. The molecule has 0 aliphatic carbocycles. The topological polar surface area (TPSA) is 28.2 Å². The number of aromatic nitrogens is 1. The summed E-state index contributed by atoms with van der Waals surface area (Å²) in [4.78, 5) is 6.79. The predicted molar refractivity (Wildman–Crippen MR) is 103 cm³/mol. The van der Waals surface area contributed by atoms with Gasteiger partial charge in [-0.1, -0.05) is 13.0 Å². The standard InChI is InChI=1S/C20H27F2N3S/c1-13-2-4-16(23-11-13)15-3-5-18-17(10-15)24-20(26-18)14-6-8-25(9-7-14)12-19(21)22/h3,5,10,13-14,16,19,23H,2,4,6-9,11-12H2,1H3/t13-,16+/m0/s1. The van der Waals surface area contributed by atoms with Crippen LogP contribution in [-0.4, -0.2) is 42.5 Å². The third kappa shape index (κ3) is 4.07. The SMILES string of the molecule is C[C@H]1CC[C@H](c2ccc3sc(C4CCN(CC(F)F)CC4)nc3c2)NC1. The second-order valence-electron chi connectivity index (χ2n) is 7.89. The molecule has 0 saturated carbocycles. The molecule has 2 aromatic rings. The molecule has 2 aliphatic heterocycles. The molecule has 2 saturated heterocycles. The first kappa shape index (κ1) is 18.3. The molecule has 142 valence electrons. The zero-order valence-electron chi connectivity index (χ0n) is 15.3. The number of nitrogens with one attached hydrogen (secondary N) is 1. The molecule has 26 heavy (non-hydrogen) atoms. The zero-order chi connectivity index (χ0) is 18.1. The summed E-state index contributed by atoms with van der Waals surface area (Å²) in [5, 5.41) is 4.83. The molecule has 0 radical (unpaired) electrons. The minimum absolute atomic E-state index is 0.0943. The van der Waals surface area contributed by atoms with E-state index in [1.807, 2.05) is 4.90 Å². The van der Waals surface area contributed by atoms with E-state index in [2.05, 4.69) is 30.4 Å². The highest BCUT2D eigenvalue weighted by Gasteiger charge is 2.25. The number of hydrogen-bond acceptors (Lipinski definition) is 4. The number of likely N-dealkylation sites (tertiary alicyclic amines) is 1. The fourth-order valence-electron chi connectivity index (χ4n) is 4.19. The highest BCUT2D eigenvalue weighted by atomic mass is 32.1. The van der Waals surface area contributed by atoms with Crippen LogP contribution in [0.25, 0.3) is 10.2 Å². The van der Waals surface area contributed by atoms with E-state index in [1.165, 1.54) is 28.1 Å². The van der Waals surface area contributed by atoms with Crippen molar-refractivity contribution in [1.29, 1.82) is 0 Å². The molecule has 3 heterocycles. The lowest BCUT2D eigenvalue weighted by Gasteiger charge is -2.30. The minimum Gasteiger partial charge on any atom is -0.310 e. The number of fused-ring (bicyclic) bond motifs is 1. The smallest absolute Gasteiger partial charge is 0.251 e. The van der Waals surface area contributed by atoms with Gasteiger partial charge in [-0.15, -0.1) is 11.3 Å². The molecule has 2 fully saturated rings. The molecule has 1 aromatic carbocycles. The molecule has 3 nitrogen and oxygen atoms in total. The maximum Gasteiger partial charge on any atom is 0.251 e. The zero-order valence-corrected chi connectivity index (χ0v) is 16.1. The Morgan fingerprint density at radius 2 is 2.04 bits per heavy atom. The quantitative estimate of drug-likeness (QED) is 0.827. The van der Waals surface area contributed by atoms with Crippen LogP contribution in [-0.2, 0) is 0 Å². The van der Waals surface area contributed by atoms with Crippen LogP contribution in [0.1, 0.15) is 55.1 Å². The van der Waals surface area contributed by atoms with Crippen LogP contribution >= 0.6 is 11.3 Å². The first-order chi connectivity index (χ1) is 12.6. The Morgan fingerprint density at radius 3 is 2.73 bits per heavy atom. The van der Waals surface area contributed by atoms with Gasteiger partial charge in [-0.3, -0.25) is 4.90 Å². The fraction of sp³-hybridized carbons (Fsp3) is 0.650. The Morgan fingerprint density at radius 1 is 1.23 bits per heavy atom. The Kier molecular flexibility index (Phi) is 5.53. The summed E-state index contributed by atoms with van der Waals surface area (Å²) >= 11 is 1.78. The summed E-state index contributed by atoms with van der Waals surface area (Å²) in [6.45, 7) is 4.79. The van der Waals surface area contributed by atoms with Crippen molar-refractivity contribution in [2.45, 2.75) is 51.0 Å². The molecule has 6 heteroatoms. The van der Waals surface area contributed by atoms with Crippen molar-refractivity contribution < 1.29 is 8.78 Å². The highest BCUT2D eigenvalue weighted by Crippen LogP contribution is 2.35. The molecule has 0 bridgehead atoms. The highest BCUT2D eigenvalue weighted by molar-refractivity contribution is 7.18. The van der Waals surface area contributed by atoms with Crippen LogP contribution in [0.2, 0.25) is 0 Å². The largest absolute Gasteiger partial charge is 0.310 e. The van der Waals surface area contributed by atoms with Gasteiger partial charge in [0.25, 0.3) is 6.43 Å². The Labute approximate surface area is 157 Å². The van der Waals surface area contributed by atoms with E-state index in [0.29, 0.717) is 12.0 Å². The molecular formula is C20H27F2N3S. The van der Waals surface area contributed by atoms with Crippen LogP contribution in [0, 0.1) is 5.92 Å². The summed E-state index contributed by atoms with van der Waals surface area (Å²) in [5.74, 6) is 1.18. The number of rotatable bonds is 4. The normalized spacial score (nSPS) is 26.0. The van der Waals surface area contributed by atoms with Gasteiger partial charge in [0.2, 0.25) is 0 Å². The van der Waals surface area contributed by atoms with Crippen molar-refractivity contribution in [2.24, 2.45) is 5.92 Å². The van der Waals surface area contributed by atoms with E-state index >= 15 is 0 Å². The van der Waals surface area contributed by atoms with Gasteiger partial charge in [0.15, 0.2) is 0 Å². The van der Waals surface area contributed by atoms with Crippen molar-refractivity contribution in [3.8, 4) is 0 Å². The summed E-state index contributed by atoms with van der Waals surface area (Å²) in [7, 11) is 0. The predicted octanol–water partition coefficient (Wildman–Crippen LogP) is 4.80. The van der Waals surface area contributed by atoms with E-state index in [9.17, 15) is 8.78 Å². The van der Waals surface area contributed by atoms with E-state index in [4.69, 9.17) is 4.98 Å². The minimum atomic E-state index is -2.23. The average Bonchev–Trinajstić information content (AvgIpc) is 3.05. The maximum absolute atomic E-state index is 12.5. The van der Waals surface area contributed by atoms with Gasteiger partial charge in [0, 0.05) is 12.0 Å². The second kappa shape index (κ2) is 7.87. The van der Waals surface area contributed by atoms with Crippen molar-refractivity contribution in [3.63, 3.8) is 0 Å². The third-order valence-electron chi connectivity index (χ3n) is 5.82. The molecule has 4 rings (SSSR count). The first-order valence-electron chi connectivity index (χ1n) is 9.73. The Balaban J connectivity index is 1.45. The third-order valence-corrected chi connectivity index (χ3v) is 7.02. The van der Waals surface area contributed by atoms with E-state index in [0.717, 1.165) is 43.9 Å². The lowest BCUT2D eigenvalue weighted by atomic mass is 9.92. The molecule has 2 atom stereocenters. The van der Waals surface area contributed by atoms with Gasteiger partial charge in [-0.2, -0.15) is 0 Å². The average molecular weight is 380 g/mol. The molecule has 0 unspecified atom stereocenters. The maximum atomic E-state index is 12.5. The number of alkyl halides is 2. The van der Waals surface area contributed by atoms with E-state index in [-0.39, 0.29) is 6.54 Å². The van der Waals surface area contributed by atoms with Crippen molar-refractivity contribution in [3.05, 3.63) is 28.8 Å². The Bertz CT molecular complexity index is 732. The number of piperidine rings is 2. The van der Waals surface area contributed by atoms with Gasteiger partial charge >= 0.3 is 0 Å². The number of nitrogens with zero attached hydrogens (tertiary/aromatic N) is 2. The van der Waals surface area contributed by atoms with Gasteiger partial charge < -0.3 is 5.32 Å². The number of hydrogen-bond donors (Lipinski definition) is 1. The van der Waals surface area contributed by atoms with Crippen LogP contribution < -0.4 is 5.32 Å². The molecule has 0 spiro atoms. The fourth-order valence-corrected chi connectivity index (χ4v) is 5.31. The van der Waals surface area contributed by atoms with E-state index < -0.39 is 6.43 Å². The van der Waals surface area contributed by atoms with Crippen molar-refractivity contribution >= 4 is 21.6 Å². The lowest BCUT2D eigenvalue weighted by molar-refractivity contribution is 0.0754. The number of benzene rings is 1. The lowest BCUT2D eigenvalue weighted by Crippen LogP contribution is -2.36. The van der Waals surface area contributed by atoms with Gasteiger partial charge in [0.1, 0.15) is 0 Å². The molecule has 0 amide bonds. The molecule has 2 aliphatic rings. The van der Waals surface area contributed by atoms with Crippen LogP contribution in [0.15, 0.2) is 18.2 Å². The van der Waals surface area contributed by atoms with Crippen molar-refractivity contribution in [2.75, 3.05) is 26.2 Å². The summed E-state index contributed by atoms with van der Waals surface area (Å²) in [6, 6.07) is 7.13. The molecule has 1 aromatic heterocycles. The molecule has 1 N–H and O–H groups in total. The number of halogens is 2. The van der Waals surface area contributed by atoms with Gasteiger partial charge in [-0.25, -0.2) is 13.8 Å². The van der Waals surface area contributed by atoms with Crippen molar-refractivity contribution in [1.82, 2.24) is 15.2 Å². The van der Waals surface area contributed by atoms with Crippen LogP contribution in [0.5, 0.6) is 0 Å². The van der Waals surface area contributed by atoms with Crippen LogP contribution in [0.3, 0.4) is 0 Å². The van der Waals surface area contributed by atoms with Gasteiger partial charge in [-0.05, 0) is 68.9 Å². The summed E-state index contributed by atoms with van der Waals surface area (Å²) in [6.07, 6.45) is 2.09. The summed E-state index contributed by atoms with van der Waals surface area (Å²) < 4.78 is 26.3. The first-order valence-corrected chi connectivity index (χ1v) is 10.5. The van der Waals surface area contributed by atoms with E-state index in [1.54, 1.807) is 11.3 Å².